The molecule has 0 saturated heterocycles. The lowest BCUT2D eigenvalue weighted by Gasteiger charge is -2.27. The number of nitrogens with one attached hydrogen (secondary N) is 2. The quantitative estimate of drug-likeness (QED) is 0.891. The molecule has 1 aromatic heterocycles. The molecule has 21 heavy (non-hydrogen) atoms. The van der Waals surface area contributed by atoms with Crippen molar-refractivity contribution in [3.05, 3.63) is 30.1 Å². The molecule has 4 heteroatoms. The van der Waals surface area contributed by atoms with Crippen LogP contribution in [0.15, 0.2) is 24.3 Å². The third-order valence-electron chi connectivity index (χ3n) is 4.39. The highest BCUT2D eigenvalue weighted by atomic mass is 15.2. The zero-order valence-electron chi connectivity index (χ0n) is 12.9. The summed E-state index contributed by atoms with van der Waals surface area (Å²) in [5.41, 5.74) is 2.21. The van der Waals surface area contributed by atoms with E-state index in [1.807, 2.05) is 13.0 Å². The first kappa shape index (κ1) is 14.1. The Morgan fingerprint density at radius 3 is 2.90 bits per heavy atom. The van der Waals surface area contributed by atoms with E-state index in [4.69, 9.17) is 0 Å². The van der Waals surface area contributed by atoms with Gasteiger partial charge in [0.25, 0.3) is 0 Å². The minimum atomic E-state index is 0.771. The van der Waals surface area contributed by atoms with Crippen LogP contribution < -0.4 is 5.32 Å². The number of nitrogens with zero attached hydrogens (tertiary/aromatic N) is 2. The minimum absolute atomic E-state index is 0.771. The molecule has 2 aromatic rings. The lowest BCUT2D eigenvalue weighted by Crippen LogP contribution is -2.21. The number of H-pyrrole nitrogens is 1. The van der Waals surface area contributed by atoms with Gasteiger partial charge < -0.3 is 5.32 Å². The summed E-state index contributed by atoms with van der Waals surface area (Å²) in [6.07, 6.45) is 5.45. The van der Waals surface area contributed by atoms with Crippen LogP contribution in [0.5, 0.6) is 0 Å². The molecule has 1 saturated carbocycles. The summed E-state index contributed by atoms with van der Waals surface area (Å²) in [6.45, 7) is 5.34. The number of aromatic amines is 1. The van der Waals surface area contributed by atoms with Gasteiger partial charge in [-0.2, -0.15) is 5.10 Å². The van der Waals surface area contributed by atoms with Crippen molar-refractivity contribution in [2.24, 2.45) is 11.8 Å². The molecule has 0 bridgehead atoms. The Hall–Kier alpha value is -1.84. The van der Waals surface area contributed by atoms with Crippen molar-refractivity contribution >= 4 is 5.69 Å². The fraction of sp³-hybridized carbons (Fsp3) is 0.529. The van der Waals surface area contributed by atoms with Crippen molar-refractivity contribution in [1.82, 2.24) is 15.2 Å². The molecule has 1 heterocycles. The van der Waals surface area contributed by atoms with Gasteiger partial charge in [-0.3, -0.25) is 5.10 Å². The summed E-state index contributed by atoms with van der Waals surface area (Å²) in [5, 5.41) is 10.8. The van der Waals surface area contributed by atoms with Crippen LogP contribution in [0.2, 0.25) is 0 Å². The van der Waals surface area contributed by atoms with Crippen LogP contribution in [0.3, 0.4) is 0 Å². The maximum absolute atomic E-state index is 4.44. The number of hydrogen-bond donors (Lipinski definition) is 2. The maximum atomic E-state index is 4.44. The van der Waals surface area contributed by atoms with Gasteiger partial charge in [-0.1, -0.05) is 31.9 Å². The predicted molar refractivity (Wildman–Crippen MR) is 86.2 cm³/mol. The van der Waals surface area contributed by atoms with Crippen LogP contribution in [0.25, 0.3) is 11.4 Å². The molecule has 4 nitrogen and oxygen atoms in total. The number of aromatic nitrogens is 3. The topological polar surface area (TPSA) is 53.6 Å². The van der Waals surface area contributed by atoms with E-state index in [-0.39, 0.29) is 0 Å². The Morgan fingerprint density at radius 2 is 2.14 bits per heavy atom. The molecule has 1 aliphatic carbocycles. The predicted octanol–water partition coefficient (Wildman–Crippen LogP) is 4.02. The van der Waals surface area contributed by atoms with E-state index < -0.39 is 0 Å². The standard InChI is InChI=1S/C17H24N4/c1-12-6-5-7-14(10-12)11-18-16-9-4-3-8-15(16)17-19-13(2)20-21-17/h3-4,8-9,12,14,18H,5-7,10-11H2,1-2H3,(H,19,20,21). The van der Waals surface area contributed by atoms with Crippen LogP contribution >= 0.6 is 0 Å². The molecule has 1 aliphatic rings. The molecule has 3 rings (SSSR count). The number of benzene rings is 1. The van der Waals surface area contributed by atoms with E-state index in [0.29, 0.717) is 0 Å². The van der Waals surface area contributed by atoms with Crippen LogP contribution in [-0.2, 0) is 0 Å². The van der Waals surface area contributed by atoms with Crippen molar-refractivity contribution in [3.8, 4) is 11.4 Å². The van der Waals surface area contributed by atoms with Crippen LogP contribution in [0, 0.1) is 18.8 Å². The molecule has 1 fully saturated rings. The minimum Gasteiger partial charge on any atom is -0.384 e. The van der Waals surface area contributed by atoms with Gasteiger partial charge in [0.2, 0.25) is 0 Å². The highest BCUT2D eigenvalue weighted by Crippen LogP contribution is 2.30. The first-order valence-corrected chi connectivity index (χ1v) is 7.94. The number of aryl methyl sites for hydroxylation is 1. The molecule has 112 valence electrons. The Kier molecular flexibility index (Phi) is 4.23. The van der Waals surface area contributed by atoms with Gasteiger partial charge >= 0.3 is 0 Å². The van der Waals surface area contributed by atoms with E-state index in [9.17, 15) is 0 Å². The molecule has 2 unspecified atom stereocenters. The second kappa shape index (κ2) is 6.29. The van der Waals surface area contributed by atoms with E-state index in [1.54, 1.807) is 0 Å². The van der Waals surface area contributed by atoms with Gasteiger partial charge in [-0.15, -0.1) is 0 Å². The average Bonchev–Trinajstić information content (AvgIpc) is 2.92. The average molecular weight is 284 g/mol. The first-order valence-electron chi connectivity index (χ1n) is 7.94. The molecule has 0 radical (unpaired) electrons. The number of para-hydroxylation sites is 1. The molecular weight excluding hydrogens is 260 g/mol. The Morgan fingerprint density at radius 1 is 1.29 bits per heavy atom. The fourth-order valence-corrected chi connectivity index (χ4v) is 3.29. The molecule has 0 spiro atoms. The molecule has 1 aromatic carbocycles. The normalized spacial score (nSPS) is 22.2. The van der Waals surface area contributed by atoms with Crippen LogP contribution in [-0.4, -0.2) is 21.7 Å². The van der Waals surface area contributed by atoms with Crippen molar-refractivity contribution < 1.29 is 0 Å². The summed E-state index contributed by atoms with van der Waals surface area (Å²) in [4.78, 5) is 4.44. The van der Waals surface area contributed by atoms with E-state index >= 15 is 0 Å². The summed E-state index contributed by atoms with van der Waals surface area (Å²) >= 11 is 0. The van der Waals surface area contributed by atoms with E-state index in [0.717, 1.165) is 41.3 Å². The zero-order chi connectivity index (χ0) is 14.7. The summed E-state index contributed by atoms with van der Waals surface area (Å²) < 4.78 is 0. The third kappa shape index (κ3) is 3.43. The zero-order valence-corrected chi connectivity index (χ0v) is 12.9. The lowest BCUT2D eigenvalue weighted by molar-refractivity contribution is 0.293. The second-order valence-corrected chi connectivity index (χ2v) is 6.31. The molecular formula is C17H24N4. The van der Waals surface area contributed by atoms with E-state index in [2.05, 4.69) is 45.6 Å². The Balaban J connectivity index is 1.71. The van der Waals surface area contributed by atoms with Gasteiger partial charge in [0.15, 0.2) is 5.82 Å². The number of anilines is 1. The summed E-state index contributed by atoms with van der Waals surface area (Å²) in [5.74, 6) is 3.28. The highest BCUT2D eigenvalue weighted by molar-refractivity contribution is 5.73. The Bertz CT molecular complexity index is 590. The molecule has 2 atom stereocenters. The van der Waals surface area contributed by atoms with Gasteiger partial charge in [-0.05, 0) is 43.7 Å². The van der Waals surface area contributed by atoms with Crippen molar-refractivity contribution in [1.29, 1.82) is 0 Å². The molecule has 2 N–H and O–H groups in total. The fourth-order valence-electron chi connectivity index (χ4n) is 3.29. The van der Waals surface area contributed by atoms with Gasteiger partial charge in [0.1, 0.15) is 5.82 Å². The lowest BCUT2D eigenvalue weighted by atomic mass is 9.82. The largest absolute Gasteiger partial charge is 0.384 e. The van der Waals surface area contributed by atoms with Crippen LogP contribution in [0.1, 0.15) is 38.4 Å². The summed E-state index contributed by atoms with van der Waals surface area (Å²) in [6, 6.07) is 8.30. The number of rotatable bonds is 4. The smallest absolute Gasteiger partial charge is 0.183 e. The van der Waals surface area contributed by atoms with Crippen LogP contribution in [0.4, 0.5) is 5.69 Å². The summed E-state index contributed by atoms with van der Waals surface area (Å²) in [7, 11) is 0. The monoisotopic (exact) mass is 284 g/mol. The van der Waals surface area contributed by atoms with Gasteiger partial charge in [0.05, 0.1) is 0 Å². The molecule has 0 amide bonds. The van der Waals surface area contributed by atoms with Crippen molar-refractivity contribution in [3.63, 3.8) is 0 Å². The van der Waals surface area contributed by atoms with Gasteiger partial charge in [0, 0.05) is 17.8 Å². The SMILES string of the molecule is Cc1nc(-c2ccccc2NCC2CCCC(C)C2)n[nH]1. The third-order valence-corrected chi connectivity index (χ3v) is 4.39. The Labute approximate surface area is 126 Å². The van der Waals surface area contributed by atoms with E-state index in [1.165, 1.54) is 25.7 Å². The molecule has 0 aliphatic heterocycles. The first-order chi connectivity index (χ1) is 10.2. The highest BCUT2D eigenvalue weighted by Gasteiger charge is 2.19. The van der Waals surface area contributed by atoms with Crippen molar-refractivity contribution in [2.75, 3.05) is 11.9 Å². The van der Waals surface area contributed by atoms with Gasteiger partial charge in [-0.25, -0.2) is 4.98 Å². The number of hydrogen-bond acceptors (Lipinski definition) is 3. The maximum Gasteiger partial charge on any atom is 0.183 e. The second-order valence-electron chi connectivity index (χ2n) is 6.31. The van der Waals surface area contributed by atoms with Crippen molar-refractivity contribution in [2.45, 2.75) is 39.5 Å².